The maximum Gasteiger partial charge on any atom is 0.0512 e. The number of aliphatic hydroxyl groups is 1. The van der Waals surface area contributed by atoms with Crippen LogP contribution in [0.3, 0.4) is 0 Å². The van der Waals surface area contributed by atoms with Crippen LogP contribution in [0.25, 0.3) is 0 Å². The monoisotopic (exact) mass is 172 g/mol. The minimum absolute atomic E-state index is 0.105. The molecule has 0 saturated heterocycles. The third-order valence-corrected chi connectivity index (χ3v) is 2.35. The van der Waals surface area contributed by atoms with Crippen molar-refractivity contribution in [3.63, 3.8) is 0 Å². The molecule has 1 heteroatoms. The fourth-order valence-electron chi connectivity index (χ4n) is 1.57. The number of hydrogen-bond donors (Lipinski definition) is 1. The minimum atomic E-state index is -0.105. The second kappa shape index (κ2) is 7.60. The second-order valence-corrected chi connectivity index (χ2v) is 4.03. The molecule has 1 N–H and O–H groups in total. The van der Waals surface area contributed by atoms with Crippen molar-refractivity contribution in [2.45, 2.75) is 65.4 Å². The quantitative estimate of drug-likeness (QED) is 0.584. The molecule has 74 valence electrons. The van der Waals surface area contributed by atoms with E-state index in [9.17, 15) is 0 Å². The predicted octanol–water partition coefficient (Wildman–Crippen LogP) is 3.36. The van der Waals surface area contributed by atoms with Crippen molar-refractivity contribution in [2.75, 3.05) is 0 Å². The Balaban J connectivity index is 3.08. The van der Waals surface area contributed by atoms with E-state index in [1.165, 1.54) is 32.1 Å². The Kier molecular flexibility index (Phi) is 7.58. The van der Waals surface area contributed by atoms with Crippen molar-refractivity contribution < 1.29 is 5.11 Å². The van der Waals surface area contributed by atoms with E-state index in [1.54, 1.807) is 0 Å². The average Bonchev–Trinajstić information content (AvgIpc) is 1.98. The smallest absolute Gasteiger partial charge is 0.0512 e. The van der Waals surface area contributed by atoms with E-state index in [-0.39, 0.29) is 6.10 Å². The Bertz CT molecular complexity index is 89.0. The zero-order chi connectivity index (χ0) is 9.40. The molecule has 0 saturated carbocycles. The molecule has 12 heavy (non-hydrogen) atoms. The van der Waals surface area contributed by atoms with Crippen LogP contribution in [0, 0.1) is 5.92 Å². The molecule has 2 atom stereocenters. The maximum atomic E-state index is 9.02. The van der Waals surface area contributed by atoms with Crippen LogP contribution in [0.1, 0.15) is 59.3 Å². The van der Waals surface area contributed by atoms with Crippen LogP contribution in [-0.4, -0.2) is 11.2 Å². The molecule has 0 amide bonds. The molecule has 0 spiro atoms. The first-order valence-corrected chi connectivity index (χ1v) is 5.34. The van der Waals surface area contributed by atoms with Crippen molar-refractivity contribution in [1.29, 1.82) is 0 Å². The van der Waals surface area contributed by atoms with Gasteiger partial charge in [-0.3, -0.25) is 0 Å². The molecular weight excluding hydrogens is 148 g/mol. The van der Waals surface area contributed by atoms with Gasteiger partial charge in [-0.15, -0.1) is 0 Å². The highest BCUT2D eigenvalue weighted by Crippen LogP contribution is 2.14. The van der Waals surface area contributed by atoms with Gasteiger partial charge in [0.25, 0.3) is 0 Å². The SMILES string of the molecule is CCCC(C)CCCCC(C)O. The molecule has 0 aromatic carbocycles. The van der Waals surface area contributed by atoms with Crippen LogP contribution in [0.4, 0.5) is 0 Å². The number of hydrogen-bond acceptors (Lipinski definition) is 1. The molecule has 0 fully saturated rings. The molecule has 0 aliphatic heterocycles. The highest BCUT2D eigenvalue weighted by Gasteiger charge is 2.01. The molecule has 0 rings (SSSR count). The summed E-state index contributed by atoms with van der Waals surface area (Å²) < 4.78 is 0. The fourth-order valence-corrected chi connectivity index (χ4v) is 1.57. The first kappa shape index (κ1) is 12.0. The van der Waals surface area contributed by atoms with Crippen molar-refractivity contribution in [2.24, 2.45) is 5.92 Å². The van der Waals surface area contributed by atoms with Crippen LogP contribution < -0.4 is 0 Å². The van der Waals surface area contributed by atoms with E-state index in [1.807, 2.05) is 6.92 Å². The summed E-state index contributed by atoms with van der Waals surface area (Å²) in [6, 6.07) is 0. The van der Waals surface area contributed by atoms with Gasteiger partial charge in [0.15, 0.2) is 0 Å². The van der Waals surface area contributed by atoms with Crippen molar-refractivity contribution in [1.82, 2.24) is 0 Å². The summed E-state index contributed by atoms with van der Waals surface area (Å²) in [5.74, 6) is 0.879. The van der Waals surface area contributed by atoms with Gasteiger partial charge in [-0.1, -0.05) is 46.0 Å². The van der Waals surface area contributed by atoms with Crippen molar-refractivity contribution in [3.05, 3.63) is 0 Å². The van der Waals surface area contributed by atoms with Crippen LogP contribution in [0.2, 0.25) is 0 Å². The van der Waals surface area contributed by atoms with Crippen molar-refractivity contribution >= 4 is 0 Å². The highest BCUT2D eigenvalue weighted by molar-refractivity contribution is 4.54. The van der Waals surface area contributed by atoms with Crippen molar-refractivity contribution in [3.8, 4) is 0 Å². The predicted molar refractivity (Wildman–Crippen MR) is 54.2 cm³/mol. The second-order valence-electron chi connectivity index (χ2n) is 4.03. The Morgan fingerprint density at radius 2 is 1.58 bits per heavy atom. The summed E-state index contributed by atoms with van der Waals surface area (Å²) >= 11 is 0. The van der Waals surface area contributed by atoms with Gasteiger partial charge in [-0.25, -0.2) is 0 Å². The Morgan fingerprint density at radius 3 is 2.08 bits per heavy atom. The average molecular weight is 172 g/mol. The summed E-state index contributed by atoms with van der Waals surface area (Å²) in [4.78, 5) is 0. The van der Waals surface area contributed by atoms with Gasteiger partial charge in [0.1, 0.15) is 0 Å². The third-order valence-electron chi connectivity index (χ3n) is 2.35. The lowest BCUT2D eigenvalue weighted by molar-refractivity contribution is 0.179. The van der Waals surface area contributed by atoms with E-state index < -0.39 is 0 Å². The van der Waals surface area contributed by atoms with E-state index in [0.717, 1.165) is 12.3 Å². The van der Waals surface area contributed by atoms with Gasteiger partial charge in [0.05, 0.1) is 6.10 Å². The van der Waals surface area contributed by atoms with Crippen LogP contribution in [-0.2, 0) is 0 Å². The van der Waals surface area contributed by atoms with Crippen LogP contribution in [0.5, 0.6) is 0 Å². The molecule has 0 radical (unpaired) electrons. The summed E-state index contributed by atoms with van der Waals surface area (Å²) in [5, 5.41) is 9.02. The maximum absolute atomic E-state index is 9.02. The van der Waals surface area contributed by atoms with Gasteiger partial charge >= 0.3 is 0 Å². The Hall–Kier alpha value is -0.0400. The molecule has 0 bridgehead atoms. The van der Waals surface area contributed by atoms with Gasteiger partial charge in [-0.05, 0) is 19.3 Å². The van der Waals surface area contributed by atoms with E-state index in [4.69, 9.17) is 5.11 Å². The summed E-state index contributed by atoms with van der Waals surface area (Å²) in [5.41, 5.74) is 0. The van der Waals surface area contributed by atoms with Gasteiger partial charge < -0.3 is 5.11 Å². The topological polar surface area (TPSA) is 20.2 Å². The highest BCUT2D eigenvalue weighted by atomic mass is 16.3. The first-order chi connectivity index (χ1) is 5.66. The first-order valence-electron chi connectivity index (χ1n) is 5.34. The normalized spacial score (nSPS) is 16.0. The molecular formula is C11H24O. The number of aliphatic hydroxyl groups excluding tert-OH is 1. The summed E-state index contributed by atoms with van der Waals surface area (Å²) in [6.45, 7) is 6.44. The van der Waals surface area contributed by atoms with Crippen LogP contribution in [0.15, 0.2) is 0 Å². The van der Waals surface area contributed by atoms with Gasteiger partial charge in [0, 0.05) is 0 Å². The molecule has 0 heterocycles. The minimum Gasteiger partial charge on any atom is -0.393 e. The van der Waals surface area contributed by atoms with Gasteiger partial charge in [0.2, 0.25) is 0 Å². The summed E-state index contributed by atoms with van der Waals surface area (Å²) in [7, 11) is 0. The fraction of sp³-hybridized carbons (Fsp3) is 1.00. The largest absolute Gasteiger partial charge is 0.393 e. The molecule has 0 aliphatic carbocycles. The zero-order valence-corrected chi connectivity index (χ0v) is 8.84. The Morgan fingerprint density at radius 1 is 1.00 bits per heavy atom. The molecule has 2 unspecified atom stereocenters. The lowest BCUT2D eigenvalue weighted by atomic mass is 9.98. The third kappa shape index (κ3) is 8.06. The number of unbranched alkanes of at least 4 members (excludes halogenated alkanes) is 1. The lowest BCUT2D eigenvalue weighted by Crippen LogP contribution is -2.00. The van der Waals surface area contributed by atoms with E-state index in [2.05, 4.69) is 13.8 Å². The van der Waals surface area contributed by atoms with E-state index in [0.29, 0.717) is 0 Å². The number of rotatable bonds is 7. The Labute approximate surface area is 77.2 Å². The molecule has 0 aliphatic rings. The lowest BCUT2D eigenvalue weighted by Gasteiger charge is -2.09. The van der Waals surface area contributed by atoms with Gasteiger partial charge in [-0.2, -0.15) is 0 Å². The van der Waals surface area contributed by atoms with Crippen LogP contribution >= 0.6 is 0 Å². The van der Waals surface area contributed by atoms with E-state index >= 15 is 0 Å². The molecule has 0 aromatic rings. The standard InChI is InChI=1S/C11H24O/c1-4-7-10(2)8-5-6-9-11(3)12/h10-12H,4-9H2,1-3H3. The summed E-state index contributed by atoms with van der Waals surface area (Å²) in [6.07, 6.45) is 7.33. The zero-order valence-electron chi connectivity index (χ0n) is 8.84. The molecule has 0 aromatic heterocycles. The molecule has 1 nitrogen and oxygen atoms in total.